The maximum atomic E-state index is 13.3. The van der Waals surface area contributed by atoms with Crippen LogP contribution in [0.1, 0.15) is 53.7 Å². The molecule has 0 saturated heterocycles. The molecule has 0 radical (unpaired) electrons. The highest BCUT2D eigenvalue weighted by Gasteiger charge is 2.35. The molecule has 0 spiro atoms. The third kappa shape index (κ3) is 5.02. The number of pyridine rings is 1. The molecule has 3 aromatic rings. The van der Waals surface area contributed by atoms with E-state index >= 15 is 0 Å². The number of allylic oxidation sites excluding steroid dienone is 1. The highest BCUT2D eigenvalue weighted by molar-refractivity contribution is 7.10. The summed E-state index contributed by atoms with van der Waals surface area (Å²) in [6.07, 6.45) is 3.66. The van der Waals surface area contributed by atoms with E-state index in [2.05, 4.69) is 32.9 Å². The second kappa shape index (κ2) is 9.38. The summed E-state index contributed by atoms with van der Waals surface area (Å²) >= 11 is 1.65. The lowest BCUT2D eigenvalue weighted by Crippen LogP contribution is -2.38. The number of nitrogens with two attached hydrogens (primary N) is 1. The molecular formula is C26H27N3O4S. The lowest BCUT2D eigenvalue weighted by atomic mass is 9.69. The van der Waals surface area contributed by atoms with Crippen LogP contribution in [0.25, 0.3) is 22.6 Å². The average Bonchev–Trinajstić information content (AvgIpc) is 3.28. The second-order valence-corrected chi connectivity index (χ2v) is 10.5. The summed E-state index contributed by atoms with van der Waals surface area (Å²) in [5.41, 5.74) is 8.77. The number of carbonyl (C=O) groups is 3. The van der Waals surface area contributed by atoms with Gasteiger partial charge in [0.2, 0.25) is 0 Å². The van der Waals surface area contributed by atoms with Gasteiger partial charge < -0.3 is 10.5 Å². The zero-order valence-electron chi connectivity index (χ0n) is 19.4. The fourth-order valence-electron chi connectivity index (χ4n) is 4.29. The third-order valence-corrected chi connectivity index (χ3v) is 6.92. The number of nitrogens with one attached hydrogen (secondary N) is 1. The molecule has 0 saturated carbocycles. The van der Waals surface area contributed by atoms with Gasteiger partial charge in [-0.1, -0.05) is 45.0 Å². The maximum Gasteiger partial charge on any atom is 0.339 e. The molecule has 1 atom stereocenters. The standard InChI is InChI=1S/C26H27N3O4S/c1-26(2,3)16-11-15(12-17-7-6-10-34-17)23-19(13-16)22(18-8-4-5-9-20(18)28-23)24(31)33-14-21(30)29-25(27)32/h4-10,12,16H,11,13-14H2,1-3H3,(H3,27,29,30,32)/b15-12-. The highest BCUT2D eigenvalue weighted by atomic mass is 32.1. The van der Waals surface area contributed by atoms with Gasteiger partial charge in [0.15, 0.2) is 6.61 Å². The first kappa shape index (κ1) is 23.6. The summed E-state index contributed by atoms with van der Waals surface area (Å²) in [5, 5.41) is 4.62. The fraction of sp³-hybridized carbons (Fsp3) is 0.308. The minimum atomic E-state index is -0.996. The van der Waals surface area contributed by atoms with Crippen molar-refractivity contribution in [2.75, 3.05) is 6.61 Å². The van der Waals surface area contributed by atoms with Crippen molar-refractivity contribution in [2.45, 2.75) is 33.6 Å². The molecular weight excluding hydrogens is 450 g/mol. The van der Waals surface area contributed by atoms with Gasteiger partial charge in [0.25, 0.3) is 5.91 Å². The van der Waals surface area contributed by atoms with Crippen LogP contribution in [0.15, 0.2) is 41.8 Å². The van der Waals surface area contributed by atoms with Crippen molar-refractivity contribution in [1.82, 2.24) is 10.3 Å². The van der Waals surface area contributed by atoms with Crippen LogP contribution in [0.5, 0.6) is 0 Å². The zero-order valence-corrected chi connectivity index (χ0v) is 20.2. The van der Waals surface area contributed by atoms with Gasteiger partial charge in [-0.3, -0.25) is 10.1 Å². The van der Waals surface area contributed by atoms with Crippen molar-refractivity contribution in [3.8, 4) is 0 Å². The number of hydrogen-bond acceptors (Lipinski definition) is 6. The largest absolute Gasteiger partial charge is 0.452 e. The number of thiophene rings is 1. The number of nitrogens with zero attached hydrogens (tertiary/aromatic N) is 1. The minimum Gasteiger partial charge on any atom is -0.452 e. The van der Waals surface area contributed by atoms with Crippen LogP contribution in [-0.4, -0.2) is 29.5 Å². The number of carbonyl (C=O) groups excluding carboxylic acids is 3. The Hall–Kier alpha value is -3.52. The van der Waals surface area contributed by atoms with Crippen LogP contribution in [-0.2, 0) is 16.0 Å². The number of ether oxygens (including phenoxy) is 1. The molecule has 1 aromatic carbocycles. The van der Waals surface area contributed by atoms with Gasteiger partial charge in [-0.15, -0.1) is 11.3 Å². The SMILES string of the molecule is CC(C)(C)C1C/C(=C/c2cccs2)c2nc3ccccc3c(C(=O)OCC(=O)NC(N)=O)c2C1. The molecule has 2 heterocycles. The van der Waals surface area contributed by atoms with Crippen LogP contribution >= 0.6 is 11.3 Å². The van der Waals surface area contributed by atoms with Gasteiger partial charge in [-0.25, -0.2) is 14.6 Å². The summed E-state index contributed by atoms with van der Waals surface area (Å²) in [5.74, 6) is -1.13. The molecule has 3 amide bonds. The van der Waals surface area contributed by atoms with E-state index in [9.17, 15) is 14.4 Å². The van der Waals surface area contributed by atoms with E-state index in [1.807, 2.05) is 41.0 Å². The number of rotatable bonds is 4. The van der Waals surface area contributed by atoms with E-state index in [1.54, 1.807) is 11.3 Å². The summed E-state index contributed by atoms with van der Waals surface area (Å²) < 4.78 is 5.32. The summed E-state index contributed by atoms with van der Waals surface area (Å²) in [7, 11) is 0. The lowest BCUT2D eigenvalue weighted by Gasteiger charge is -2.36. The molecule has 0 bridgehead atoms. The van der Waals surface area contributed by atoms with Gasteiger partial charge in [-0.05, 0) is 58.9 Å². The Bertz CT molecular complexity index is 1290. The number of primary amides is 1. The fourth-order valence-corrected chi connectivity index (χ4v) is 4.97. The van der Waals surface area contributed by atoms with E-state index in [-0.39, 0.29) is 11.3 Å². The second-order valence-electron chi connectivity index (χ2n) is 9.48. The predicted molar refractivity (Wildman–Crippen MR) is 133 cm³/mol. The van der Waals surface area contributed by atoms with Gasteiger partial charge >= 0.3 is 12.0 Å². The number of imide groups is 1. The van der Waals surface area contributed by atoms with E-state index in [0.717, 1.165) is 28.1 Å². The van der Waals surface area contributed by atoms with Gasteiger partial charge in [0.1, 0.15) is 0 Å². The normalized spacial score (nSPS) is 16.8. The molecule has 7 nitrogen and oxygen atoms in total. The molecule has 4 rings (SSSR count). The quantitative estimate of drug-likeness (QED) is 0.525. The van der Waals surface area contributed by atoms with Gasteiger partial charge in [0, 0.05) is 10.3 Å². The highest BCUT2D eigenvalue weighted by Crippen LogP contribution is 2.45. The molecule has 1 aliphatic carbocycles. The number of hydrogen-bond donors (Lipinski definition) is 2. The first-order chi connectivity index (χ1) is 16.1. The van der Waals surface area contributed by atoms with Crippen molar-refractivity contribution in [2.24, 2.45) is 17.1 Å². The first-order valence-corrected chi connectivity index (χ1v) is 11.9. The van der Waals surface area contributed by atoms with E-state index in [0.29, 0.717) is 22.9 Å². The molecule has 34 heavy (non-hydrogen) atoms. The molecule has 8 heteroatoms. The predicted octanol–water partition coefficient (Wildman–Crippen LogP) is 4.80. The zero-order chi connectivity index (χ0) is 24.5. The molecule has 176 valence electrons. The van der Waals surface area contributed by atoms with Crippen LogP contribution in [0, 0.1) is 11.3 Å². The van der Waals surface area contributed by atoms with Crippen LogP contribution < -0.4 is 11.1 Å². The van der Waals surface area contributed by atoms with E-state index in [1.165, 1.54) is 0 Å². The number of para-hydroxylation sites is 1. The average molecular weight is 478 g/mol. The number of amides is 3. The molecule has 3 N–H and O–H groups in total. The summed E-state index contributed by atoms with van der Waals surface area (Å²) in [6.45, 7) is 6.00. The van der Waals surface area contributed by atoms with Crippen molar-refractivity contribution in [3.63, 3.8) is 0 Å². The summed E-state index contributed by atoms with van der Waals surface area (Å²) in [4.78, 5) is 42.2. The Kier molecular flexibility index (Phi) is 6.52. The topological polar surface area (TPSA) is 111 Å². The Morgan fingerprint density at radius 2 is 1.94 bits per heavy atom. The summed E-state index contributed by atoms with van der Waals surface area (Å²) in [6, 6.07) is 10.5. The Morgan fingerprint density at radius 1 is 1.18 bits per heavy atom. The van der Waals surface area contributed by atoms with Crippen molar-refractivity contribution in [1.29, 1.82) is 0 Å². The van der Waals surface area contributed by atoms with Crippen molar-refractivity contribution < 1.29 is 19.1 Å². The van der Waals surface area contributed by atoms with E-state index < -0.39 is 24.5 Å². The monoisotopic (exact) mass is 477 g/mol. The molecule has 1 aliphatic rings. The molecule has 0 aliphatic heterocycles. The number of urea groups is 1. The van der Waals surface area contributed by atoms with Crippen LogP contribution in [0.3, 0.4) is 0 Å². The molecule has 0 fully saturated rings. The van der Waals surface area contributed by atoms with Crippen LogP contribution in [0.4, 0.5) is 4.79 Å². The third-order valence-electron chi connectivity index (χ3n) is 6.10. The number of esters is 1. The molecule has 2 aromatic heterocycles. The van der Waals surface area contributed by atoms with Crippen molar-refractivity contribution in [3.05, 3.63) is 63.5 Å². The van der Waals surface area contributed by atoms with Gasteiger partial charge in [-0.2, -0.15) is 0 Å². The number of fused-ring (bicyclic) bond motifs is 2. The maximum absolute atomic E-state index is 13.3. The van der Waals surface area contributed by atoms with Gasteiger partial charge in [0.05, 0.1) is 16.8 Å². The number of aromatic nitrogens is 1. The molecule has 1 unspecified atom stereocenters. The van der Waals surface area contributed by atoms with Crippen molar-refractivity contribution >= 4 is 51.8 Å². The Morgan fingerprint density at radius 3 is 2.62 bits per heavy atom. The first-order valence-electron chi connectivity index (χ1n) is 11.1. The minimum absolute atomic E-state index is 0.000420. The van der Waals surface area contributed by atoms with Crippen LogP contribution in [0.2, 0.25) is 0 Å². The Labute approximate surface area is 202 Å². The Balaban J connectivity index is 1.85. The van der Waals surface area contributed by atoms with E-state index in [4.69, 9.17) is 15.5 Å². The smallest absolute Gasteiger partial charge is 0.339 e. The number of benzene rings is 1. The lowest BCUT2D eigenvalue weighted by molar-refractivity contribution is -0.123.